The monoisotopic (exact) mass is 211 g/mol. The predicted octanol–water partition coefficient (Wildman–Crippen LogP) is 0.777. The van der Waals surface area contributed by atoms with E-state index in [0.717, 1.165) is 25.1 Å². The van der Waals surface area contributed by atoms with Gasteiger partial charge in [0.2, 0.25) is 0 Å². The van der Waals surface area contributed by atoms with Gasteiger partial charge in [0.25, 0.3) is 0 Å². The van der Waals surface area contributed by atoms with Crippen LogP contribution in [0.3, 0.4) is 0 Å². The lowest BCUT2D eigenvalue weighted by Crippen LogP contribution is -2.30. The molecule has 0 spiro atoms. The highest BCUT2D eigenvalue weighted by atomic mass is 15.6. The molecule has 1 aromatic rings. The van der Waals surface area contributed by atoms with Gasteiger partial charge in [0.1, 0.15) is 0 Å². The summed E-state index contributed by atoms with van der Waals surface area (Å²) in [6.07, 6.45) is 3.18. The molecule has 0 aromatic carbocycles. The molecule has 0 aliphatic carbocycles. The number of hydrogen-bond acceptors (Lipinski definition) is 4. The number of nitrogens with one attached hydrogen (secondary N) is 1. The average molecular weight is 211 g/mol. The van der Waals surface area contributed by atoms with Crippen LogP contribution in [0.2, 0.25) is 0 Å². The van der Waals surface area contributed by atoms with Gasteiger partial charge in [-0.15, -0.1) is 10.2 Å². The van der Waals surface area contributed by atoms with Crippen LogP contribution < -0.4 is 5.32 Å². The summed E-state index contributed by atoms with van der Waals surface area (Å²) in [5.41, 5.74) is 0. The maximum Gasteiger partial charge on any atom is 0.174 e. The third-order valence-corrected chi connectivity index (χ3v) is 2.64. The van der Waals surface area contributed by atoms with Gasteiger partial charge in [-0.3, -0.25) is 0 Å². The Bertz CT molecular complexity index is 281. The number of rotatable bonds is 6. The van der Waals surface area contributed by atoms with Gasteiger partial charge < -0.3 is 5.32 Å². The molecule has 15 heavy (non-hydrogen) atoms. The largest absolute Gasteiger partial charge is 0.317 e. The Kier molecular flexibility index (Phi) is 4.68. The van der Waals surface area contributed by atoms with Gasteiger partial charge in [-0.2, -0.15) is 4.80 Å². The third-order valence-electron chi connectivity index (χ3n) is 2.64. The van der Waals surface area contributed by atoms with E-state index < -0.39 is 0 Å². The molecule has 1 unspecified atom stereocenters. The number of nitrogens with zero attached hydrogens (tertiary/aromatic N) is 4. The van der Waals surface area contributed by atoms with E-state index in [1.807, 2.05) is 7.05 Å². The van der Waals surface area contributed by atoms with Crippen molar-refractivity contribution in [1.29, 1.82) is 0 Å². The smallest absolute Gasteiger partial charge is 0.174 e. The van der Waals surface area contributed by atoms with Gasteiger partial charge >= 0.3 is 0 Å². The standard InChI is InChI=1S/C10H21N5/c1-8(2)9(11-3)6-5-7-10-12-14-15(4)13-10/h8-9,11H,5-7H2,1-4H3. The summed E-state index contributed by atoms with van der Waals surface area (Å²) in [5, 5.41) is 15.3. The maximum absolute atomic E-state index is 4.15. The molecule has 1 heterocycles. The molecule has 86 valence electrons. The summed E-state index contributed by atoms with van der Waals surface area (Å²) in [6.45, 7) is 4.48. The molecule has 0 amide bonds. The Morgan fingerprint density at radius 3 is 2.60 bits per heavy atom. The van der Waals surface area contributed by atoms with Crippen LogP contribution in [0.15, 0.2) is 0 Å². The van der Waals surface area contributed by atoms with Crippen molar-refractivity contribution in [3.63, 3.8) is 0 Å². The zero-order valence-corrected chi connectivity index (χ0v) is 10.1. The van der Waals surface area contributed by atoms with Crippen LogP contribution in [0.25, 0.3) is 0 Å². The molecule has 5 heteroatoms. The SMILES string of the molecule is CNC(CCCc1nnn(C)n1)C(C)C. The molecule has 0 saturated heterocycles. The van der Waals surface area contributed by atoms with Crippen LogP contribution in [0.1, 0.15) is 32.5 Å². The van der Waals surface area contributed by atoms with E-state index in [1.54, 1.807) is 7.05 Å². The lowest BCUT2D eigenvalue weighted by molar-refractivity contribution is 0.392. The summed E-state index contributed by atoms with van der Waals surface area (Å²) in [4.78, 5) is 1.51. The Labute approximate surface area is 91.2 Å². The first-order valence-corrected chi connectivity index (χ1v) is 5.53. The second-order valence-electron chi connectivity index (χ2n) is 4.23. The van der Waals surface area contributed by atoms with Gasteiger partial charge in [0, 0.05) is 12.5 Å². The van der Waals surface area contributed by atoms with E-state index in [1.165, 1.54) is 4.80 Å². The lowest BCUT2D eigenvalue weighted by Gasteiger charge is -2.19. The molecule has 0 aliphatic rings. The second-order valence-corrected chi connectivity index (χ2v) is 4.23. The van der Waals surface area contributed by atoms with Crippen LogP contribution in [0, 0.1) is 5.92 Å². The van der Waals surface area contributed by atoms with Gasteiger partial charge in [-0.05, 0) is 31.0 Å². The van der Waals surface area contributed by atoms with E-state index in [2.05, 4.69) is 34.6 Å². The fourth-order valence-electron chi connectivity index (χ4n) is 1.71. The van der Waals surface area contributed by atoms with Crippen molar-refractivity contribution in [2.24, 2.45) is 13.0 Å². The van der Waals surface area contributed by atoms with E-state index in [0.29, 0.717) is 12.0 Å². The van der Waals surface area contributed by atoms with Gasteiger partial charge in [-0.1, -0.05) is 13.8 Å². The first-order chi connectivity index (χ1) is 7.13. The molecular formula is C10H21N5. The van der Waals surface area contributed by atoms with Crippen molar-refractivity contribution in [2.45, 2.75) is 39.2 Å². The van der Waals surface area contributed by atoms with Crippen LogP contribution >= 0.6 is 0 Å². The van der Waals surface area contributed by atoms with Gasteiger partial charge in [-0.25, -0.2) is 0 Å². The molecule has 1 aromatic heterocycles. The van der Waals surface area contributed by atoms with Crippen molar-refractivity contribution in [1.82, 2.24) is 25.5 Å². The molecular weight excluding hydrogens is 190 g/mol. The zero-order chi connectivity index (χ0) is 11.3. The second kappa shape index (κ2) is 5.80. The molecule has 0 saturated carbocycles. The van der Waals surface area contributed by atoms with Crippen molar-refractivity contribution >= 4 is 0 Å². The molecule has 1 N–H and O–H groups in total. The van der Waals surface area contributed by atoms with E-state index >= 15 is 0 Å². The minimum absolute atomic E-state index is 0.585. The van der Waals surface area contributed by atoms with E-state index in [-0.39, 0.29) is 0 Å². The highest BCUT2D eigenvalue weighted by molar-refractivity contribution is 4.78. The predicted molar refractivity (Wildman–Crippen MR) is 59.4 cm³/mol. The Balaban J connectivity index is 2.26. The van der Waals surface area contributed by atoms with Crippen LogP contribution in [0.5, 0.6) is 0 Å². The minimum atomic E-state index is 0.585. The molecule has 0 bridgehead atoms. The van der Waals surface area contributed by atoms with E-state index in [9.17, 15) is 0 Å². The molecule has 0 radical (unpaired) electrons. The Morgan fingerprint density at radius 1 is 1.40 bits per heavy atom. The highest BCUT2D eigenvalue weighted by Crippen LogP contribution is 2.09. The summed E-state index contributed by atoms with van der Waals surface area (Å²) >= 11 is 0. The molecule has 1 atom stereocenters. The molecule has 1 rings (SSSR count). The van der Waals surface area contributed by atoms with Crippen molar-refractivity contribution in [2.75, 3.05) is 7.05 Å². The van der Waals surface area contributed by atoms with E-state index in [4.69, 9.17) is 0 Å². The number of aromatic nitrogens is 4. The zero-order valence-electron chi connectivity index (χ0n) is 10.1. The topological polar surface area (TPSA) is 55.6 Å². The average Bonchev–Trinajstić information content (AvgIpc) is 2.58. The maximum atomic E-state index is 4.15. The van der Waals surface area contributed by atoms with Crippen molar-refractivity contribution in [3.8, 4) is 0 Å². The highest BCUT2D eigenvalue weighted by Gasteiger charge is 2.10. The van der Waals surface area contributed by atoms with Gasteiger partial charge in [0.05, 0.1) is 7.05 Å². The Morgan fingerprint density at radius 2 is 2.13 bits per heavy atom. The summed E-state index contributed by atoms with van der Waals surface area (Å²) in [5.74, 6) is 1.51. The van der Waals surface area contributed by atoms with Crippen molar-refractivity contribution in [3.05, 3.63) is 5.82 Å². The number of hydrogen-bond donors (Lipinski definition) is 1. The van der Waals surface area contributed by atoms with Gasteiger partial charge in [0.15, 0.2) is 5.82 Å². The summed E-state index contributed by atoms with van der Waals surface area (Å²) in [7, 11) is 3.81. The fraction of sp³-hybridized carbons (Fsp3) is 0.900. The molecule has 0 aliphatic heterocycles. The third kappa shape index (κ3) is 3.95. The first-order valence-electron chi connectivity index (χ1n) is 5.53. The normalized spacial score (nSPS) is 13.4. The number of aryl methyl sites for hydroxylation is 2. The quantitative estimate of drug-likeness (QED) is 0.755. The van der Waals surface area contributed by atoms with Crippen molar-refractivity contribution < 1.29 is 0 Å². The molecule has 0 fully saturated rings. The van der Waals surface area contributed by atoms with Crippen LogP contribution in [-0.4, -0.2) is 33.3 Å². The summed E-state index contributed by atoms with van der Waals surface area (Å²) < 4.78 is 0. The minimum Gasteiger partial charge on any atom is -0.317 e. The van der Waals surface area contributed by atoms with Crippen LogP contribution in [0.4, 0.5) is 0 Å². The Hall–Kier alpha value is -0.970. The van der Waals surface area contributed by atoms with Crippen LogP contribution in [-0.2, 0) is 13.5 Å². The lowest BCUT2D eigenvalue weighted by atomic mass is 9.98. The number of tetrazole rings is 1. The molecule has 5 nitrogen and oxygen atoms in total. The summed E-state index contributed by atoms with van der Waals surface area (Å²) in [6, 6.07) is 0.585. The first kappa shape index (κ1) is 12.1. The fourth-order valence-corrected chi connectivity index (χ4v) is 1.71.